The molecular weight excluding hydrogens is 404 g/mol. The Bertz CT molecular complexity index is 1090. The first kappa shape index (κ1) is 21.8. The number of aryl methyl sites for hydroxylation is 1. The summed E-state index contributed by atoms with van der Waals surface area (Å²) in [6.45, 7) is 6.93. The van der Waals surface area contributed by atoms with Gasteiger partial charge in [-0.1, -0.05) is 18.2 Å². The lowest BCUT2D eigenvalue weighted by molar-refractivity contribution is 0.0995. The maximum atomic E-state index is 12.9. The Morgan fingerprint density at radius 1 is 0.938 bits per heavy atom. The molecule has 2 aromatic carbocycles. The molecule has 0 spiro atoms. The summed E-state index contributed by atoms with van der Waals surface area (Å²) in [7, 11) is 2.14. The number of hydrogen-bond donors (Lipinski definition) is 2. The average molecular weight is 433 g/mol. The highest BCUT2D eigenvalue weighted by Gasteiger charge is 2.15. The van der Waals surface area contributed by atoms with Crippen LogP contribution in [0.3, 0.4) is 0 Å². The first-order chi connectivity index (χ1) is 15.5. The summed E-state index contributed by atoms with van der Waals surface area (Å²) in [5, 5.41) is 5.77. The molecule has 1 aliphatic rings. The molecule has 0 aliphatic carbocycles. The summed E-state index contributed by atoms with van der Waals surface area (Å²) in [5.74, 6) is -0.288. The summed E-state index contributed by atoms with van der Waals surface area (Å²) in [4.78, 5) is 29.9. The van der Waals surface area contributed by atoms with E-state index in [9.17, 15) is 9.59 Å². The number of likely N-dealkylation sites (N-methyl/N-ethyl adjacent to an activating group) is 1. The lowest BCUT2D eigenvalue weighted by atomic mass is 10.1. The maximum Gasteiger partial charge on any atom is 0.291 e. The van der Waals surface area contributed by atoms with E-state index < -0.39 is 0 Å². The SMILES string of the molecule is Cc1ccc(NC(=O)c2ccco2)cc1NC(=O)c1cccc(CN2CCN(C)CC2)c1. The molecule has 0 unspecified atom stereocenters. The van der Waals surface area contributed by atoms with Gasteiger partial charge in [-0.25, -0.2) is 0 Å². The summed E-state index contributed by atoms with van der Waals surface area (Å²) in [6.07, 6.45) is 1.45. The van der Waals surface area contributed by atoms with Gasteiger partial charge in [0.1, 0.15) is 0 Å². The highest BCUT2D eigenvalue weighted by Crippen LogP contribution is 2.22. The van der Waals surface area contributed by atoms with Crippen LogP contribution in [0.15, 0.2) is 65.3 Å². The number of carbonyl (C=O) groups excluding carboxylic acids is 2. The minimum absolute atomic E-state index is 0.178. The summed E-state index contributed by atoms with van der Waals surface area (Å²) in [6, 6.07) is 16.4. The predicted octanol–water partition coefficient (Wildman–Crippen LogP) is 3.84. The van der Waals surface area contributed by atoms with Crippen molar-refractivity contribution in [2.24, 2.45) is 0 Å². The van der Waals surface area contributed by atoms with E-state index in [2.05, 4.69) is 33.5 Å². The number of carbonyl (C=O) groups is 2. The largest absolute Gasteiger partial charge is 0.459 e. The molecule has 0 bridgehead atoms. The standard InChI is InChI=1S/C25H28N4O3/c1-18-8-9-21(26-25(31)23-7-4-14-32-23)16-22(18)27-24(30)20-6-3-5-19(15-20)17-29-12-10-28(2)11-13-29/h3-9,14-16H,10-13,17H2,1-2H3,(H,26,31)(H,27,30). The maximum absolute atomic E-state index is 12.9. The second kappa shape index (κ2) is 9.80. The molecule has 4 rings (SSSR count). The van der Waals surface area contributed by atoms with Gasteiger partial charge in [0.15, 0.2) is 5.76 Å². The molecule has 2 amide bonds. The zero-order valence-electron chi connectivity index (χ0n) is 18.4. The number of nitrogens with zero attached hydrogens (tertiary/aromatic N) is 2. The van der Waals surface area contributed by atoms with Crippen molar-refractivity contribution in [2.45, 2.75) is 13.5 Å². The lowest BCUT2D eigenvalue weighted by Gasteiger charge is -2.32. The van der Waals surface area contributed by atoms with Crippen LogP contribution in [0, 0.1) is 6.92 Å². The Kier molecular flexibility index (Phi) is 6.68. The lowest BCUT2D eigenvalue weighted by Crippen LogP contribution is -2.43. The number of anilines is 2. The van der Waals surface area contributed by atoms with Crippen LogP contribution in [0.1, 0.15) is 32.0 Å². The molecule has 0 saturated carbocycles. The number of piperazine rings is 1. The highest BCUT2D eigenvalue weighted by atomic mass is 16.3. The summed E-state index contributed by atoms with van der Waals surface area (Å²) in [5.41, 5.74) is 3.87. The van der Waals surface area contributed by atoms with Crippen molar-refractivity contribution >= 4 is 23.2 Å². The van der Waals surface area contributed by atoms with E-state index in [-0.39, 0.29) is 17.6 Å². The van der Waals surface area contributed by atoms with Gasteiger partial charge >= 0.3 is 0 Å². The molecule has 1 aromatic heterocycles. The predicted molar refractivity (Wildman–Crippen MR) is 125 cm³/mol. The fourth-order valence-electron chi connectivity index (χ4n) is 3.70. The first-order valence-electron chi connectivity index (χ1n) is 10.7. The van der Waals surface area contributed by atoms with Crippen molar-refractivity contribution in [3.63, 3.8) is 0 Å². The fourth-order valence-corrected chi connectivity index (χ4v) is 3.70. The Morgan fingerprint density at radius 2 is 1.75 bits per heavy atom. The third kappa shape index (κ3) is 5.43. The molecule has 7 nitrogen and oxygen atoms in total. The smallest absolute Gasteiger partial charge is 0.291 e. The topological polar surface area (TPSA) is 77.8 Å². The van der Waals surface area contributed by atoms with Crippen molar-refractivity contribution < 1.29 is 14.0 Å². The van der Waals surface area contributed by atoms with E-state index in [1.165, 1.54) is 6.26 Å². The highest BCUT2D eigenvalue weighted by molar-refractivity contribution is 6.06. The van der Waals surface area contributed by atoms with Crippen LogP contribution >= 0.6 is 0 Å². The summed E-state index contributed by atoms with van der Waals surface area (Å²) < 4.78 is 5.13. The number of nitrogens with one attached hydrogen (secondary N) is 2. The molecule has 32 heavy (non-hydrogen) atoms. The molecule has 0 radical (unpaired) electrons. The van der Waals surface area contributed by atoms with Crippen molar-refractivity contribution in [3.8, 4) is 0 Å². The third-order valence-corrected chi connectivity index (χ3v) is 5.68. The van der Waals surface area contributed by atoms with Crippen LogP contribution < -0.4 is 10.6 Å². The van der Waals surface area contributed by atoms with E-state index in [1.54, 1.807) is 24.3 Å². The van der Waals surface area contributed by atoms with Crippen molar-refractivity contribution in [1.82, 2.24) is 9.80 Å². The second-order valence-corrected chi connectivity index (χ2v) is 8.20. The van der Waals surface area contributed by atoms with Crippen LogP contribution in [0.2, 0.25) is 0 Å². The van der Waals surface area contributed by atoms with Gasteiger partial charge in [-0.2, -0.15) is 0 Å². The Hall–Kier alpha value is -3.42. The molecule has 166 valence electrons. The van der Waals surface area contributed by atoms with Crippen LogP contribution in [-0.2, 0) is 6.54 Å². The van der Waals surface area contributed by atoms with Crippen molar-refractivity contribution in [3.05, 3.63) is 83.3 Å². The third-order valence-electron chi connectivity index (χ3n) is 5.68. The molecule has 3 aromatic rings. The van der Waals surface area contributed by atoms with Crippen molar-refractivity contribution in [1.29, 1.82) is 0 Å². The zero-order chi connectivity index (χ0) is 22.5. The molecule has 2 N–H and O–H groups in total. The molecule has 0 atom stereocenters. The van der Waals surface area contributed by atoms with E-state index in [4.69, 9.17) is 4.42 Å². The normalized spacial score (nSPS) is 14.8. The molecule has 7 heteroatoms. The monoisotopic (exact) mass is 432 g/mol. The number of rotatable bonds is 6. The van der Waals surface area contributed by atoms with Gasteiger partial charge in [-0.3, -0.25) is 14.5 Å². The molecular formula is C25H28N4O3. The van der Waals surface area contributed by atoms with Gasteiger partial charge in [0, 0.05) is 49.7 Å². The van der Waals surface area contributed by atoms with Crippen LogP contribution in [0.5, 0.6) is 0 Å². The van der Waals surface area contributed by atoms with Gasteiger partial charge in [0.2, 0.25) is 0 Å². The number of amides is 2. The minimum atomic E-state index is -0.340. The van der Waals surface area contributed by atoms with Gasteiger partial charge in [-0.05, 0) is 61.5 Å². The minimum Gasteiger partial charge on any atom is -0.459 e. The van der Waals surface area contributed by atoms with E-state index in [0.29, 0.717) is 16.9 Å². The van der Waals surface area contributed by atoms with E-state index >= 15 is 0 Å². The van der Waals surface area contributed by atoms with Gasteiger partial charge < -0.3 is 20.0 Å². The van der Waals surface area contributed by atoms with Crippen LogP contribution in [0.25, 0.3) is 0 Å². The molecule has 1 aliphatic heterocycles. The average Bonchev–Trinajstić information content (AvgIpc) is 3.33. The Morgan fingerprint density at radius 3 is 2.50 bits per heavy atom. The molecule has 2 heterocycles. The fraction of sp³-hybridized carbons (Fsp3) is 0.280. The van der Waals surface area contributed by atoms with Gasteiger partial charge in [-0.15, -0.1) is 0 Å². The van der Waals surface area contributed by atoms with E-state index in [1.807, 2.05) is 31.2 Å². The van der Waals surface area contributed by atoms with Crippen LogP contribution in [0.4, 0.5) is 11.4 Å². The molecule has 1 fully saturated rings. The van der Waals surface area contributed by atoms with Gasteiger partial charge in [0.25, 0.3) is 11.8 Å². The number of furan rings is 1. The number of hydrogen-bond acceptors (Lipinski definition) is 5. The quantitative estimate of drug-likeness (QED) is 0.619. The summed E-state index contributed by atoms with van der Waals surface area (Å²) >= 11 is 0. The Labute approximate surface area is 188 Å². The van der Waals surface area contributed by atoms with Crippen molar-refractivity contribution in [2.75, 3.05) is 43.9 Å². The number of benzene rings is 2. The second-order valence-electron chi connectivity index (χ2n) is 8.20. The van der Waals surface area contributed by atoms with E-state index in [0.717, 1.165) is 43.9 Å². The molecule has 1 saturated heterocycles. The van der Waals surface area contributed by atoms with Gasteiger partial charge in [0.05, 0.1) is 6.26 Å². The Balaban J connectivity index is 1.42. The first-order valence-corrected chi connectivity index (χ1v) is 10.7. The zero-order valence-corrected chi connectivity index (χ0v) is 18.4. The van der Waals surface area contributed by atoms with Crippen LogP contribution in [-0.4, -0.2) is 54.8 Å².